The van der Waals surface area contributed by atoms with Crippen LogP contribution in [0, 0.1) is 12.8 Å². The zero-order valence-corrected chi connectivity index (χ0v) is 13.0. The number of piperidine rings is 1. The van der Waals surface area contributed by atoms with E-state index < -0.39 is 0 Å². The Labute approximate surface area is 126 Å². The first-order valence-corrected chi connectivity index (χ1v) is 8.03. The molecule has 0 radical (unpaired) electrons. The van der Waals surface area contributed by atoms with Gasteiger partial charge in [0.2, 0.25) is 5.91 Å². The van der Waals surface area contributed by atoms with Crippen LogP contribution in [0.15, 0.2) is 10.7 Å². The molecule has 1 aromatic rings. The molecule has 0 aromatic carbocycles. The molecule has 21 heavy (non-hydrogen) atoms. The average molecular weight is 291 g/mol. The highest BCUT2D eigenvalue weighted by Gasteiger charge is 2.32. The fourth-order valence-corrected chi connectivity index (χ4v) is 3.32. The number of amides is 1. The van der Waals surface area contributed by atoms with Gasteiger partial charge in [0.05, 0.1) is 5.69 Å². The number of oxazole rings is 1. The van der Waals surface area contributed by atoms with Gasteiger partial charge in [0, 0.05) is 39.0 Å². The minimum atomic E-state index is 0.295. The second kappa shape index (κ2) is 6.18. The number of hydrogen-bond donors (Lipinski definition) is 0. The number of aromatic nitrogens is 1. The Balaban J connectivity index is 1.56. The van der Waals surface area contributed by atoms with Gasteiger partial charge < -0.3 is 9.32 Å². The van der Waals surface area contributed by atoms with E-state index in [0.717, 1.165) is 56.9 Å². The van der Waals surface area contributed by atoms with Gasteiger partial charge in [0.25, 0.3) is 0 Å². The van der Waals surface area contributed by atoms with Gasteiger partial charge in [-0.15, -0.1) is 0 Å². The molecule has 5 nitrogen and oxygen atoms in total. The third-order valence-electron chi connectivity index (χ3n) is 4.88. The average Bonchev–Trinajstić information content (AvgIpc) is 2.81. The number of carbonyl (C=O) groups excluding carboxylic acids is 1. The van der Waals surface area contributed by atoms with Crippen LogP contribution < -0.4 is 0 Å². The van der Waals surface area contributed by atoms with E-state index in [4.69, 9.17) is 4.42 Å². The van der Waals surface area contributed by atoms with E-state index in [0.29, 0.717) is 17.9 Å². The summed E-state index contributed by atoms with van der Waals surface area (Å²) in [5, 5.41) is 0. The molecule has 1 atom stereocenters. The Morgan fingerprint density at radius 1 is 1.43 bits per heavy atom. The van der Waals surface area contributed by atoms with Gasteiger partial charge in [-0.3, -0.25) is 9.69 Å². The Kier molecular flexibility index (Phi) is 4.29. The van der Waals surface area contributed by atoms with Crippen LogP contribution in [-0.4, -0.2) is 46.9 Å². The van der Waals surface area contributed by atoms with E-state index in [1.807, 2.05) is 18.9 Å². The lowest BCUT2D eigenvalue weighted by atomic mass is 9.84. The summed E-state index contributed by atoms with van der Waals surface area (Å²) in [6.45, 7) is 4.71. The lowest BCUT2D eigenvalue weighted by molar-refractivity contribution is -0.140. The molecule has 3 rings (SSSR count). The minimum absolute atomic E-state index is 0.295. The molecule has 1 aromatic heterocycles. The summed E-state index contributed by atoms with van der Waals surface area (Å²) in [5.74, 6) is 1.37. The summed E-state index contributed by atoms with van der Waals surface area (Å²) in [7, 11) is 1.98. The molecule has 1 saturated carbocycles. The Morgan fingerprint density at radius 2 is 2.24 bits per heavy atom. The fraction of sp³-hybridized carbons (Fsp3) is 0.750. The fourth-order valence-electron chi connectivity index (χ4n) is 3.32. The lowest BCUT2D eigenvalue weighted by Crippen LogP contribution is -2.50. The Hall–Kier alpha value is -1.36. The van der Waals surface area contributed by atoms with Crippen LogP contribution in [0.2, 0.25) is 0 Å². The highest BCUT2D eigenvalue weighted by Crippen LogP contribution is 2.29. The second-order valence-corrected chi connectivity index (χ2v) is 6.47. The van der Waals surface area contributed by atoms with Crippen molar-refractivity contribution in [3.8, 4) is 0 Å². The first-order valence-electron chi connectivity index (χ1n) is 8.03. The summed E-state index contributed by atoms with van der Waals surface area (Å²) < 4.78 is 5.27. The summed E-state index contributed by atoms with van der Waals surface area (Å²) >= 11 is 0. The van der Waals surface area contributed by atoms with Gasteiger partial charge in [-0.2, -0.15) is 0 Å². The first-order chi connectivity index (χ1) is 10.1. The van der Waals surface area contributed by atoms with Crippen molar-refractivity contribution in [3.63, 3.8) is 0 Å². The second-order valence-electron chi connectivity index (χ2n) is 6.47. The predicted molar refractivity (Wildman–Crippen MR) is 79.7 cm³/mol. The molecule has 0 spiro atoms. The van der Waals surface area contributed by atoms with Crippen molar-refractivity contribution in [1.29, 1.82) is 0 Å². The summed E-state index contributed by atoms with van der Waals surface area (Å²) in [5.41, 5.74) is 0.987. The van der Waals surface area contributed by atoms with Crippen LogP contribution >= 0.6 is 0 Å². The van der Waals surface area contributed by atoms with Crippen molar-refractivity contribution in [2.45, 2.75) is 51.6 Å². The molecule has 116 valence electrons. The zero-order chi connectivity index (χ0) is 14.8. The maximum Gasteiger partial charge on any atom is 0.225 e. The first kappa shape index (κ1) is 14.6. The molecule has 1 aliphatic carbocycles. The normalized spacial score (nSPS) is 23.8. The Bertz CT molecular complexity index is 495. The highest BCUT2D eigenvalue weighted by molar-refractivity contribution is 5.79. The van der Waals surface area contributed by atoms with E-state index in [9.17, 15) is 4.79 Å². The summed E-state index contributed by atoms with van der Waals surface area (Å²) in [6, 6.07) is 0.347. The van der Waals surface area contributed by atoms with Gasteiger partial charge >= 0.3 is 0 Å². The number of carbonyl (C=O) groups is 1. The molecule has 1 unspecified atom stereocenters. The molecule has 0 N–H and O–H groups in total. The number of likely N-dealkylation sites (N-methyl/N-ethyl adjacent to an activating group) is 1. The smallest absolute Gasteiger partial charge is 0.225 e. The quantitative estimate of drug-likeness (QED) is 0.853. The van der Waals surface area contributed by atoms with Crippen LogP contribution in [0.5, 0.6) is 0 Å². The van der Waals surface area contributed by atoms with Gasteiger partial charge in [-0.25, -0.2) is 4.98 Å². The van der Waals surface area contributed by atoms with Gasteiger partial charge in [-0.05, 0) is 32.2 Å². The van der Waals surface area contributed by atoms with Crippen LogP contribution in [0.1, 0.15) is 43.7 Å². The molecular formula is C16H25N3O2. The zero-order valence-electron chi connectivity index (χ0n) is 13.0. The van der Waals surface area contributed by atoms with Gasteiger partial charge in [0.1, 0.15) is 6.26 Å². The van der Waals surface area contributed by atoms with Crippen molar-refractivity contribution in [2.75, 3.05) is 20.1 Å². The molecule has 1 saturated heterocycles. The molecular weight excluding hydrogens is 266 g/mol. The number of hydrogen-bond acceptors (Lipinski definition) is 4. The van der Waals surface area contributed by atoms with Gasteiger partial charge in [0.15, 0.2) is 5.89 Å². The number of aryl methyl sites for hydroxylation is 1. The van der Waals surface area contributed by atoms with Crippen molar-refractivity contribution in [3.05, 3.63) is 17.8 Å². The predicted octanol–water partition coefficient (Wildman–Crippen LogP) is 2.21. The van der Waals surface area contributed by atoms with Crippen LogP contribution in [0.25, 0.3) is 0 Å². The van der Waals surface area contributed by atoms with E-state index in [2.05, 4.69) is 9.88 Å². The van der Waals surface area contributed by atoms with Crippen LogP contribution in [-0.2, 0) is 11.3 Å². The van der Waals surface area contributed by atoms with Crippen molar-refractivity contribution >= 4 is 5.91 Å². The standard InChI is InChI=1S/C16H25N3O2/c1-12-17-14(11-21-12)9-19-8-4-7-15(10-19)18(2)16(20)13-5-3-6-13/h11,13,15H,3-10H2,1-2H3. The van der Waals surface area contributed by atoms with Crippen molar-refractivity contribution in [2.24, 2.45) is 5.92 Å². The van der Waals surface area contributed by atoms with Gasteiger partial charge in [-0.1, -0.05) is 6.42 Å². The third-order valence-corrected chi connectivity index (χ3v) is 4.88. The van der Waals surface area contributed by atoms with Crippen molar-refractivity contribution in [1.82, 2.24) is 14.8 Å². The molecule has 2 heterocycles. The van der Waals surface area contributed by atoms with Crippen LogP contribution in [0.3, 0.4) is 0 Å². The molecule has 2 fully saturated rings. The maximum atomic E-state index is 12.4. The molecule has 1 amide bonds. The number of rotatable bonds is 4. The Morgan fingerprint density at radius 3 is 2.86 bits per heavy atom. The van der Waals surface area contributed by atoms with E-state index >= 15 is 0 Å². The lowest BCUT2D eigenvalue weighted by Gasteiger charge is -2.39. The molecule has 1 aliphatic heterocycles. The molecule has 5 heteroatoms. The summed E-state index contributed by atoms with van der Waals surface area (Å²) in [6.07, 6.45) is 7.37. The summed E-state index contributed by atoms with van der Waals surface area (Å²) in [4.78, 5) is 21.1. The van der Waals surface area contributed by atoms with E-state index in [1.165, 1.54) is 6.42 Å². The maximum absolute atomic E-state index is 12.4. The molecule has 0 bridgehead atoms. The largest absolute Gasteiger partial charge is 0.449 e. The van der Waals surface area contributed by atoms with E-state index in [-0.39, 0.29) is 0 Å². The molecule has 2 aliphatic rings. The topological polar surface area (TPSA) is 49.6 Å². The van der Waals surface area contributed by atoms with Crippen molar-refractivity contribution < 1.29 is 9.21 Å². The van der Waals surface area contributed by atoms with Crippen LogP contribution in [0.4, 0.5) is 0 Å². The third kappa shape index (κ3) is 3.28. The minimum Gasteiger partial charge on any atom is -0.449 e. The number of nitrogens with zero attached hydrogens (tertiary/aromatic N) is 3. The number of likely N-dealkylation sites (tertiary alicyclic amines) is 1. The highest BCUT2D eigenvalue weighted by atomic mass is 16.3. The monoisotopic (exact) mass is 291 g/mol. The SMILES string of the molecule is Cc1nc(CN2CCCC(N(C)C(=O)C3CCC3)C2)co1. The van der Waals surface area contributed by atoms with E-state index in [1.54, 1.807) is 6.26 Å².